The van der Waals surface area contributed by atoms with E-state index in [1.807, 2.05) is 0 Å². The molecule has 0 saturated heterocycles. The van der Waals surface area contributed by atoms with Crippen LogP contribution in [0.4, 0.5) is 0 Å². The molecule has 3 N–H and O–H groups in total. The third-order valence-electron chi connectivity index (χ3n) is 5.37. The van der Waals surface area contributed by atoms with Crippen molar-refractivity contribution in [2.24, 2.45) is 4.99 Å². The molecule has 1 amide bonds. The second kappa shape index (κ2) is 12.2. The van der Waals surface area contributed by atoms with Gasteiger partial charge in [-0.2, -0.15) is 0 Å². The predicted octanol–water partition coefficient (Wildman–Crippen LogP) is 3.59. The lowest BCUT2D eigenvalue weighted by atomic mass is 9.76. The van der Waals surface area contributed by atoms with Gasteiger partial charge < -0.3 is 16.0 Å². The molecule has 27 heavy (non-hydrogen) atoms. The summed E-state index contributed by atoms with van der Waals surface area (Å²) in [5.41, 5.74) is 1.47. The van der Waals surface area contributed by atoms with Crippen molar-refractivity contribution < 1.29 is 4.79 Å². The van der Waals surface area contributed by atoms with Crippen LogP contribution in [0, 0.1) is 0 Å². The molecule has 1 aromatic rings. The van der Waals surface area contributed by atoms with Crippen molar-refractivity contribution in [3.8, 4) is 0 Å². The summed E-state index contributed by atoms with van der Waals surface area (Å²) in [5.74, 6) is 0.965. The average molecular weight is 486 g/mol. The first kappa shape index (κ1) is 23.7. The van der Waals surface area contributed by atoms with E-state index in [4.69, 9.17) is 0 Å². The van der Waals surface area contributed by atoms with Gasteiger partial charge in [0.25, 0.3) is 0 Å². The maximum Gasteiger partial charge on any atom is 0.220 e. The summed E-state index contributed by atoms with van der Waals surface area (Å²) < 4.78 is 0. The van der Waals surface area contributed by atoms with Gasteiger partial charge >= 0.3 is 0 Å². The van der Waals surface area contributed by atoms with Gasteiger partial charge in [0.2, 0.25) is 5.91 Å². The molecule has 0 aliphatic heterocycles. The van der Waals surface area contributed by atoms with E-state index in [1.54, 1.807) is 7.05 Å². The van der Waals surface area contributed by atoms with Crippen LogP contribution >= 0.6 is 24.0 Å². The Labute approximate surface area is 181 Å². The molecule has 0 bridgehead atoms. The molecule has 0 radical (unpaired) electrons. The summed E-state index contributed by atoms with van der Waals surface area (Å²) in [6.07, 6.45) is 5.79. The van der Waals surface area contributed by atoms with Gasteiger partial charge in [-0.1, -0.05) is 44.2 Å². The molecule has 1 aliphatic rings. The number of nitrogens with one attached hydrogen (secondary N) is 3. The molecule has 6 heteroatoms. The Morgan fingerprint density at radius 2 is 1.81 bits per heavy atom. The van der Waals surface area contributed by atoms with Gasteiger partial charge in [-0.3, -0.25) is 9.79 Å². The Hall–Kier alpha value is -1.31. The van der Waals surface area contributed by atoms with Crippen molar-refractivity contribution in [2.45, 2.75) is 63.8 Å². The number of halogens is 1. The van der Waals surface area contributed by atoms with Crippen molar-refractivity contribution in [3.63, 3.8) is 0 Å². The highest BCUT2D eigenvalue weighted by molar-refractivity contribution is 14.0. The zero-order valence-electron chi connectivity index (χ0n) is 16.9. The lowest BCUT2D eigenvalue weighted by Crippen LogP contribution is -2.45. The van der Waals surface area contributed by atoms with Crippen LogP contribution in [0.2, 0.25) is 0 Å². The molecule has 0 aromatic heterocycles. The third-order valence-corrected chi connectivity index (χ3v) is 5.37. The summed E-state index contributed by atoms with van der Waals surface area (Å²) in [6.45, 7) is 6.07. The Kier molecular flexibility index (Phi) is 10.7. The lowest BCUT2D eigenvalue weighted by Gasteiger charge is -2.33. The van der Waals surface area contributed by atoms with Crippen molar-refractivity contribution in [3.05, 3.63) is 35.9 Å². The van der Waals surface area contributed by atoms with Gasteiger partial charge in [-0.25, -0.2) is 0 Å². The van der Waals surface area contributed by atoms with Crippen LogP contribution < -0.4 is 16.0 Å². The van der Waals surface area contributed by atoms with Gasteiger partial charge in [-0.05, 0) is 37.7 Å². The van der Waals surface area contributed by atoms with Crippen molar-refractivity contribution in [2.75, 3.05) is 20.1 Å². The van der Waals surface area contributed by atoms with Crippen LogP contribution in [0.3, 0.4) is 0 Å². The van der Waals surface area contributed by atoms with Gasteiger partial charge in [0.15, 0.2) is 5.96 Å². The second-order valence-corrected chi connectivity index (χ2v) is 7.15. The van der Waals surface area contributed by atoms with Gasteiger partial charge in [0.05, 0.1) is 0 Å². The zero-order valence-corrected chi connectivity index (χ0v) is 19.2. The molecule has 0 spiro atoms. The van der Waals surface area contributed by atoms with Crippen LogP contribution in [-0.4, -0.2) is 38.0 Å². The molecule has 0 unspecified atom stereocenters. The zero-order chi connectivity index (χ0) is 18.8. The van der Waals surface area contributed by atoms with Crippen molar-refractivity contribution in [1.82, 2.24) is 16.0 Å². The van der Waals surface area contributed by atoms with Crippen LogP contribution in [-0.2, 0) is 10.2 Å². The van der Waals surface area contributed by atoms with Crippen LogP contribution in [0.15, 0.2) is 35.3 Å². The predicted molar refractivity (Wildman–Crippen MR) is 124 cm³/mol. The maximum atomic E-state index is 11.7. The molecule has 2 rings (SSSR count). The van der Waals surface area contributed by atoms with E-state index in [-0.39, 0.29) is 35.3 Å². The third kappa shape index (κ3) is 7.68. The monoisotopic (exact) mass is 486 g/mol. The normalized spacial score (nSPS) is 14.3. The Morgan fingerprint density at radius 3 is 2.37 bits per heavy atom. The quantitative estimate of drug-likeness (QED) is 0.205. The number of carbonyl (C=O) groups is 1. The lowest BCUT2D eigenvalue weighted by molar-refractivity contribution is -0.121. The summed E-state index contributed by atoms with van der Waals surface area (Å²) in [6, 6.07) is 11.1. The summed E-state index contributed by atoms with van der Waals surface area (Å²) in [4.78, 5) is 16.0. The second-order valence-electron chi connectivity index (χ2n) is 7.15. The summed E-state index contributed by atoms with van der Waals surface area (Å²) in [5, 5.41) is 9.83. The SMILES string of the molecule is CCC(CC)(CNC(=NC)NCCCC(=O)NC1CC1)c1ccccc1.I. The van der Waals surface area contributed by atoms with Gasteiger partial charge in [0, 0.05) is 38.0 Å². The van der Waals surface area contributed by atoms with Crippen molar-refractivity contribution in [1.29, 1.82) is 0 Å². The van der Waals surface area contributed by atoms with Crippen LogP contribution in [0.1, 0.15) is 57.9 Å². The highest BCUT2D eigenvalue weighted by Gasteiger charge is 2.28. The number of hydrogen-bond donors (Lipinski definition) is 3. The topological polar surface area (TPSA) is 65.5 Å². The Morgan fingerprint density at radius 1 is 1.15 bits per heavy atom. The first-order valence-corrected chi connectivity index (χ1v) is 9.93. The highest BCUT2D eigenvalue weighted by Crippen LogP contribution is 2.30. The molecule has 1 aliphatic carbocycles. The van der Waals surface area contributed by atoms with Gasteiger partial charge in [-0.15, -0.1) is 24.0 Å². The molecule has 0 heterocycles. The minimum absolute atomic E-state index is 0. The molecule has 1 saturated carbocycles. The Bertz CT molecular complexity index is 583. The molecule has 1 aromatic carbocycles. The number of guanidine groups is 1. The number of amides is 1. The Balaban J connectivity index is 0.00000364. The number of rotatable bonds is 10. The fourth-order valence-corrected chi connectivity index (χ4v) is 3.26. The van der Waals surface area contributed by atoms with Gasteiger partial charge in [0.1, 0.15) is 0 Å². The van der Waals surface area contributed by atoms with E-state index in [0.29, 0.717) is 12.5 Å². The highest BCUT2D eigenvalue weighted by atomic mass is 127. The van der Waals surface area contributed by atoms with E-state index in [9.17, 15) is 4.79 Å². The fourth-order valence-electron chi connectivity index (χ4n) is 3.26. The molecule has 1 fully saturated rings. The van der Waals surface area contributed by atoms with Crippen molar-refractivity contribution >= 4 is 35.8 Å². The minimum Gasteiger partial charge on any atom is -0.356 e. The number of carbonyl (C=O) groups excluding carboxylic acids is 1. The van der Waals surface area contributed by atoms with Crippen LogP contribution in [0.5, 0.6) is 0 Å². The van der Waals surface area contributed by atoms with E-state index in [0.717, 1.165) is 51.2 Å². The van der Waals surface area contributed by atoms with E-state index in [2.05, 4.69) is 65.1 Å². The van der Waals surface area contributed by atoms with Crippen LogP contribution in [0.25, 0.3) is 0 Å². The van der Waals surface area contributed by atoms with E-state index >= 15 is 0 Å². The van der Waals surface area contributed by atoms with E-state index in [1.165, 1.54) is 5.56 Å². The number of benzene rings is 1. The summed E-state index contributed by atoms with van der Waals surface area (Å²) in [7, 11) is 1.79. The average Bonchev–Trinajstić information content (AvgIpc) is 3.49. The molecular weight excluding hydrogens is 451 g/mol. The largest absolute Gasteiger partial charge is 0.356 e. The number of hydrogen-bond acceptors (Lipinski definition) is 2. The standard InChI is InChI=1S/C21H34N4O.HI/c1-4-21(5-2,17-10-7-6-8-11-17)16-24-20(22-3)23-15-9-12-19(26)25-18-13-14-18;/h6-8,10-11,18H,4-5,9,12-16H2,1-3H3,(H,25,26)(H2,22,23,24);1H. The number of nitrogens with zero attached hydrogens (tertiary/aromatic N) is 1. The maximum absolute atomic E-state index is 11.7. The molecule has 0 atom stereocenters. The fraction of sp³-hybridized carbons (Fsp3) is 0.619. The summed E-state index contributed by atoms with van der Waals surface area (Å²) >= 11 is 0. The molecule has 152 valence electrons. The number of aliphatic imine (C=N–C) groups is 1. The minimum atomic E-state index is 0. The first-order valence-electron chi connectivity index (χ1n) is 9.93. The first-order chi connectivity index (χ1) is 12.6. The van der Waals surface area contributed by atoms with E-state index < -0.39 is 0 Å². The molecule has 5 nitrogen and oxygen atoms in total. The smallest absolute Gasteiger partial charge is 0.220 e. The molecular formula is C21H35IN4O.